The van der Waals surface area contributed by atoms with E-state index in [1.54, 1.807) is 27.7 Å². The molecule has 1 amide bonds. The van der Waals surface area contributed by atoms with Crippen molar-refractivity contribution in [1.29, 1.82) is 0 Å². The Bertz CT molecular complexity index is 128. The Kier molecular flexibility index (Phi) is 2.81. The van der Waals surface area contributed by atoms with E-state index in [0.717, 1.165) is 0 Å². The highest BCUT2D eigenvalue weighted by molar-refractivity contribution is 5.80. The van der Waals surface area contributed by atoms with Gasteiger partial charge < -0.3 is 0 Å². The zero-order valence-electron chi connectivity index (χ0n) is 6.94. The van der Waals surface area contributed by atoms with E-state index >= 15 is 0 Å². The molecule has 0 bridgehead atoms. The molecular formula is C7H14FNO. The quantitative estimate of drug-likeness (QED) is 0.517. The summed E-state index contributed by atoms with van der Waals surface area (Å²) in [6.07, 6.45) is 0. The smallest absolute Gasteiger partial charge is 0.255 e. The van der Waals surface area contributed by atoms with Gasteiger partial charge in [0.1, 0.15) is 0 Å². The maximum absolute atomic E-state index is 12.5. The van der Waals surface area contributed by atoms with Crippen molar-refractivity contribution in [3.05, 3.63) is 0 Å². The molecule has 3 heteroatoms. The number of carbonyl (C=O) groups is 1. The first-order chi connectivity index (χ1) is 4.39. The molecule has 0 aromatic heterocycles. The SMILES string of the molecule is CCN(F)C(=O)C(C)(C)C. The highest BCUT2D eigenvalue weighted by Gasteiger charge is 2.26. The summed E-state index contributed by atoms with van der Waals surface area (Å²) < 4.78 is 12.5. The minimum absolute atomic E-state index is 0.121. The summed E-state index contributed by atoms with van der Waals surface area (Å²) in [5.74, 6) is -0.463. The largest absolute Gasteiger partial charge is 0.272 e. The lowest BCUT2D eigenvalue weighted by molar-refractivity contribution is -0.154. The topological polar surface area (TPSA) is 20.3 Å². The van der Waals surface area contributed by atoms with Crippen molar-refractivity contribution in [3.63, 3.8) is 0 Å². The molecule has 0 unspecified atom stereocenters. The van der Waals surface area contributed by atoms with Crippen molar-refractivity contribution >= 4 is 5.91 Å². The Labute approximate surface area is 61.0 Å². The average molecular weight is 147 g/mol. The molecule has 0 aromatic rings. The lowest BCUT2D eigenvalue weighted by atomic mass is 9.96. The van der Waals surface area contributed by atoms with Gasteiger partial charge in [0.15, 0.2) is 0 Å². The van der Waals surface area contributed by atoms with E-state index in [2.05, 4.69) is 0 Å². The number of nitrogens with zero attached hydrogens (tertiary/aromatic N) is 1. The summed E-state index contributed by atoms with van der Waals surface area (Å²) in [6.45, 7) is 6.80. The molecule has 0 heterocycles. The molecule has 0 aromatic carbocycles. The fraction of sp³-hybridized carbons (Fsp3) is 0.857. The van der Waals surface area contributed by atoms with Gasteiger partial charge in [0.05, 0.1) is 6.54 Å². The summed E-state index contributed by atoms with van der Waals surface area (Å²) in [5, 5.41) is 0.236. The van der Waals surface area contributed by atoms with Crippen LogP contribution in [0, 0.1) is 5.41 Å². The Hall–Kier alpha value is -0.600. The van der Waals surface area contributed by atoms with Gasteiger partial charge in [-0.05, 0) is 6.92 Å². The number of amides is 1. The van der Waals surface area contributed by atoms with Gasteiger partial charge in [0.2, 0.25) is 0 Å². The molecule has 60 valence electrons. The molecule has 0 atom stereocenters. The van der Waals surface area contributed by atoms with Crippen LogP contribution in [-0.2, 0) is 4.79 Å². The van der Waals surface area contributed by atoms with Crippen LogP contribution in [-0.4, -0.2) is 17.6 Å². The highest BCUT2D eigenvalue weighted by Crippen LogP contribution is 2.16. The molecule has 0 radical (unpaired) electrons. The molecule has 0 rings (SSSR count). The third kappa shape index (κ3) is 2.33. The molecule has 0 N–H and O–H groups in total. The summed E-state index contributed by atoms with van der Waals surface area (Å²) in [6, 6.07) is 0. The van der Waals surface area contributed by atoms with E-state index in [-0.39, 0.29) is 11.7 Å². The molecule has 0 spiro atoms. The van der Waals surface area contributed by atoms with Gasteiger partial charge in [-0.3, -0.25) is 4.79 Å². The minimum Gasteiger partial charge on any atom is -0.272 e. The molecule has 10 heavy (non-hydrogen) atoms. The number of rotatable bonds is 1. The fourth-order valence-corrected chi connectivity index (χ4v) is 0.508. The molecule has 0 fully saturated rings. The van der Waals surface area contributed by atoms with Crippen LogP contribution >= 0.6 is 0 Å². The highest BCUT2D eigenvalue weighted by atomic mass is 19.2. The van der Waals surface area contributed by atoms with E-state index in [9.17, 15) is 9.28 Å². The minimum atomic E-state index is -0.606. The van der Waals surface area contributed by atoms with E-state index in [1.165, 1.54) is 0 Å². The van der Waals surface area contributed by atoms with Gasteiger partial charge in [-0.25, -0.2) is 0 Å². The van der Waals surface area contributed by atoms with Crippen LogP contribution in [0.4, 0.5) is 4.48 Å². The predicted molar refractivity (Wildman–Crippen MR) is 38.0 cm³/mol. The molecule has 0 saturated carbocycles. The average Bonchev–Trinajstić information content (AvgIpc) is 1.83. The van der Waals surface area contributed by atoms with E-state index in [0.29, 0.717) is 0 Å². The van der Waals surface area contributed by atoms with Crippen LogP contribution in [0.2, 0.25) is 0 Å². The maximum atomic E-state index is 12.5. The van der Waals surface area contributed by atoms with Crippen LogP contribution in [0.15, 0.2) is 0 Å². The molecule has 0 saturated heterocycles. The van der Waals surface area contributed by atoms with Crippen LogP contribution in [0.1, 0.15) is 27.7 Å². The van der Waals surface area contributed by atoms with Crippen molar-refractivity contribution in [2.24, 2.45) is 5.41 Å². The van der Waals surface area contributed by atoms with Gasteiger partial charge in [0.25, 0.3) is 5.91 Å². The lowest BCUT2D eigenvalue weighted by Crippen LogP contribution is -2.33. The first kappa shape index (κ1) is 9.40. The number of carbonyl (C=O) groups excluding carboxylic acids is 1. The van der Waals surface area contributed by atoms with Crippen LogP contribution in [0.5, 0.6) is 0 Å². The Morgan fingerprint density at radius 1 is 1.50 bits per heavy atom. The molecule has 2 nitrogen and oxygen atoms in total. The van der Waals surface area contributed by atoms with Gasteiger partial charge in [-0.1, -0.05) is 25.3 Å². The Balaban J connectivity index is 4.09. The molecule has 0 aliphatic carbocycles. The second-order valence-electron chi connectivity index (χ2n) is 3.23. The van der Waals surface area contributed by atoms with Gasteiger partial charge in [-0.2, -0.15) is 5.12 Å². The van der Waals surface area contributed by atoms with Crippen molar-refractivity contribution in [3.8, 4) is 0 Å². The van der Waals surface area contributed by atoms with Crippen molar-refractivity contribution in [1.82, 2.24) is 5.12 Å². The van der Waals surface area contributed by atoms with Crippen molar-refractivity contribution in [2.75, 3.05) is 6.54 Å². The van der Waals surface area contributed by atoms with E-state index < -0.39 is 11.3 Å². The van der Waals surface area contributed by atoms with Gasteiger partial charge in [-0.15, -0.1) is 0 Å². The lowest BCUT2D eigenvalue weighted by Gasteiger charge is -2.20. The fourth-order valence-electron chi connectivity index (χ4n) is 0.508. The third-order valence-corrected chi connectivity index (χ3v) is 1.14. The normalized spacial score (nSPS) is 11.3. The van der Waals surface area contributed by atoms with Gasteiger partial charge in [0, 0.05) is 5.41 Å². The standard InChI is InChI=1S/C7H14FNO/c1-5-9(8)6(10)7(2,3)4/h5H2,1-4H3. The first-order valence-corrected chi connectivity index (χ1v) is 3.37. The van der Waals surface area contributed by atoms with E-state index in [1.807, 2.05) is 0 Å². The van der Waals surface area contributed by atoms with E-state index in [4.69, 9.17) is 0 Å². The summed E-state index contributed by atoms with van der Waals surface area (Å²) in [4.78, 5) is 10.9. The first-order valence-electron chi connectivity index (χ1n) is 3.37. The number of hydrogen-bond donors (Lipinski definition) is 0. The second-order valence-corrected chi connectivity index (χ2v) is 3.23. The maximum Gasteiger partial charge on any atom is 0.255 e. The van der Waals surface area contributed by atoms with Crippen molar-refractivity contribution < 1.29 is 9.28 Å². The summed E-state index contributed by atoms with van der Waals surface area (Å²) >= 11 is 0. The summed E-state index contributed by atoms with van der Waals surface area (Å²) in [7, 11) is 0. The zero-order valence-corrected chi connectivity index (χ0v) is 6.94. The Morgan fingerprint density at radius 3 is 2.00 bits per heavy atom. The predicted octanol–water partition coefficient (Wildman–Crippen LogP) is 1.77. The molecule has 0 aliphatic heterocycles. The van der Waals surface area contributed by atoms with Crippen LogP contribution < -0.4 is 0 Å². The third-order valence-electron chi connectivity index (χ3n) is 1.14. The van der Waals surface area contributed by atoms with Crippen LogP contribution in [0.25, 0.3) is 0 Å². The number of halogens is 1. The Morgan fingerprint density at radius 2 is 1.90 bits per heavy atom. The summed E-state index contributed by atoms with van der Waals surface area (Å²) in [5.41, 5.74) is -0.606. The van der Waals surface area contributed by atoms with Gasteiger partial charge >= 0.3 is 0 Å². The number of hydrogen-bond acceptors (Lipinski definition) is 1. The van der Waals surface area contributed by atoms with Crippen LogP contribution in [0.3, 0.4) is 0 Å². The zero-order chi connectivity index (χ0) is 8.36. The molecule has 0 aliphatic rings. The molecular weight excluding hydrogens is 133 g/mol. The van der Waals surface area contributed by atoms with Crippen molar-refractivity contribution in [2.45, 2.75) is 27.7 Å². The second kappa shape index (κ2) is 2.99. The monoisotopic (exact) mass is 147 g/mol.